The fraction of sp³-hybridized carbons (Fsp3) is 0.185. The van der Waals surface area contributed by atoms with E-state index in [1.54, 1.807) is 24.3 Å². The van der Waals surface area contributed by atoms with Crippen LogP contribution in [-0.2, 0) is 4.79 Å². The summed E-state index contributed by atoms with van der Waals surface area (Å²) in [5, 5.41) is 12.1. The fourth-order valence-electron chi connectivity index (χ4n) is 3.81. The number of hydrogen-bond donors (Lipinski definition) is 1. The number of para-hydroxylation sites is 1. The maximum Gasteiger partial charge on any atom is 0.242 e. The monoisotopic (exact) mass is 468 g/mol. The molecular formula is C27H24N4O2S. The summed E-state index contributed by atoms with van der Waals surface area (Å²) in [4.78, 5) is 25.3. The lowest BCUT2D eigenvalue weighted by Gasteiger charge is -2.18. The Morgan fingerprint density at radius 3 is 2.32 bits per heavy atom. The van der Waals surface area contributed by atoms with Crippen LogP contribution in [0.4, 0.5) is 5.69 Å². The van der Waals surface area contributed by atoms with Crippen molar-refractivity contribution >= 4 is 29.1 Å². The van der Waals surface area contributed by atoms with Gasteiger partial charge in [0.1, 0.15) is 11.1 Å². The van der Waals surface area contributed by atoms with Crippen LogP contribution >= 0.6 is 11.8 Å². The molecule has 1 heterocycles. The van der Waals surface area contributed by atoms with Gasteiger partial charge in [0.25, 0.3) is 0 Å². The predicted octanol–water partition coefficient (Wildman–Crippen LogP) is 5.82. The van der Waals surface area contributed by atoms with E-state index in [1.807, 2.05) is 60.7 Å². The SMILES string of the molecule is CC(=O)c1cccc(NC(=O)[C@H](Sc2nnc(C3CC3)n2-c2ccccc2)c2ccccc2)c1. The third-order valence-electron chi connectivity index (χ3n) is 5.72. The second-order valence-corrected chi connectivity index (χ2v) is 9.39. The summed E-state index contributed by atoms with van der Waals surface area (Å²) in [6.45, 7) is 1.51. The van der Waals surface area contributed by atoms with Crippen LogP contribution in [0.15, 0.2) is 90.1 Å². The normalized spacial score (nSPS) is 13.9. The molecule has 0 spiro atoms. The highest BCUT2D eigenvalue weighted by atomic mass is 32.2. The lowest BCUT2D eigenvalue weighted by molar-refractivity contribution is -0.115. The van der Waals surface area contributed by atoms with E-state index >= 15 is 0 Å². The average molecular weight is 469 g/mol. The molecule has 0 radical (unpaired) electrons. The largest absolute Gasteiger partial charge is 0.325 e. The van der Waals surface area contributed by atoms with E-state index in [0.717, 1.165) is 29.9 Å². The highest BCUT2D eigenvalue weighted by Gasteiger charge is 2.33. The zero-order chi connectivity index (χ0) is 23.5. The molecule has 4 aromatic rings. The van der Waals surface area contributed by atoms with Gasteiger partial charge in [-0.2, -0.15) is 0 Å². The number of benzene rings is 3. The minimum Gasteiger partial charge on any atom is -0.325 e. The molecule has 1 aliphatic carbocycles. The van der Waals surface area contributed by atoms with Crippen LogP contribution < -0.4 is 5.32 Å². The van der Waals surface area contributed by atoms with Crippen molar-refractivity contribution in [2.45, 2.75) is 36.1 Å². The van der Waals surface area contributed by atoms with Crippen molar-refractivity contribution in [1.29, 1.82) is 0 Å². The Bertz CT molecular complexity index is 1320. The van der Waals surface area contributed by atoms with Gasteiger partial charge in [-0.3, -0.25) is 14.2 Å². The number of amides is 1. The lowest BCUT2D eigenvalue weighted by atomic mass is 10.1. The number of rotatable bonds is 8. The van der Waals surface area contributed by atoms with Crippen molar-refractivity contribution in [3.05, 3.63) is 102 Å². The Balaban J connectivity index is 1.49. The molecule has 1 aromatic heterocycles. The number of hydrogen-bond acceptors (Lipinski definition) is 5. The average Bonchev–Trinajstić information content (AvgIpc) is 3.63. The number of thioether (sulfide) groups is 1. The number of nitrogens with one attached hydrogen (secondary N) is 1. The zero-order valence-electron chi connectivity index (χ0n) is 18.7. The second-order valence-electron chi connectivity index (χ2n) is 8.32. The predicted molar refractivity (Wildman–Crippen MR) is 133 cm³/mol. The first-order valence-electron chi connectivity index (χ1n) is 11.2. The Labute approximate surface area is 202 Å². The van der Waals surface area contributed by atoms with E-state index in [2.05, 4.69) is 20.1 Å². The number of nitrogens with zero attached hydrogens (tertiary/aromatic N) is 3. The Hall–Kier alpha value is -3.71. The number of aromatic nitrogens is 3. The summed E-state index contributed by atoms with van der Waals surface area (Å²) >= 11 is 1.38. The van der Waals surface area contributed by atoms with E-state index in [0.29, 0.717) is 22.3 Å². The first-order valence-corrected chi connectivity index (χ1v) is 12.1. The first-order chi connectivity index (χ1) is 16.6. The van der Waals surface area contributed by atoms with Gasteiger partial charge in [-0.05, 0) is 49.6 Å². The molecule has 1 aliphatic rings. The van der Waals surface area contributed by atoms with Gasteiger partial charge in [0, 0.05) is 22.9 Å². The summed E-state index contributed by atoms with van der Waals surface area (Å²) in [5.74, 6) is 1.11. The standard InChI is InChI=1S/C27H24N4O2S/c1-18(32)21-11-8-12-22(17-21)28-26(33)24(19-9-4-2-5-10-19)34-27-30-29-25(20-15-16-20)31(27)23-13-6-3-7-14-23/h2-14,17,20,24H,15-16H2,1H3,(H,28,33)/t24-/m1/s1. The van der Waals surface area contributed by atoms with E-state index in [-0.39, 0.29) is 11.7 Å². The molecule has 0 saturated heterocycles. The molecule has 1 N–H and O–H groups in total. The van der Waals surface area contributed by atoms with Crippen molar-refractivity contribution in [2.24, 2.45) is 0 Å². The summed E-state index contributed by atoms with van der Waals surface area (Å²) in [6, 6.07) is 26.7. The van der Waals surface area contributed by atoms with E-state index in [1.165, 1.54) is 18.7 Å². The summed E-state index contributed by atoms with van der Waals surface area (Å²) in [6.07, 6.45) is 2.20. The van der Waals surface area contributed by atoms with Gasteiger partial charge < -0.3 is 5.32 Å². The zero-order valence-corrected chi connectivity index (χ0v) is 19.5. The molecule has 1 atom stereocenters. The van der Waals surface area contributed by atoms with Crippen molar-refractivity contribution in [2.75, 3.05) is 5.32 Å². The second kappa shape index (κ2) is 9.65. The number of carbonyl (C=O) groups is 2. The minimum absolute atomic E-state index is 0.0475. The van der Waals surface area contributed by atoms with E-state index < -0.39 is 5.25 Å². The van der Waals surface area contributed by atoms with Crippen molar-refractivity contribution in [1.82, 2.24) is 14.8 Å². The molecule has 3 aromatic carbocycles. The van der Waals surface area contributed by atoms with Crippen LogP contribution in [0.2, 0.25) is 0 Å². The van der Waals surface area contributed by atoms with Crippen molar-refractivity contribution in [3.63, 3.8) is 0 Å². The minimum atomic E-state index is -0.555. The third-order valence-corrected chi connectivity index (χ3v) is 6.91. The van der Waals surface area contributed by atoms with Gasteiger partial charge in [-0.15, -0.1) is 10.2 Å². The van der Waals surface area contributed by atoms with Gasteiger partial charge in [0.2, 0.25) is 5.91 Å². The van der Waals surface area contributed by atoms with Gasteiger partial charge in [0.15, 0.2) is 10.9 Å². The Kier molecular flexibility index (Phi) is 6.27. The van der Waals surface area contributed by atoms with E-state index in [4.69, 9.17) is 0 Å². The Morgan fingerprint density at radius 2 is 1.65 bits per heavy atom. The number of ketones is 1. The molecule has 34 heavy (non-hydrogen) atoms. The van der Waals surface area contributed by atoms with Crippen LogP contribution in [0, 0.1) is 0 Å². The molecule has 1 amide bonds. The van der Waals surface area contributed by atoms with Gasteiger partial charge >= 0.3 is 0 Å². The van der Waals surface area contributed by atoms with Gasteiger partial charge in [-0.1, -0.05) is 72.4 Å². The maximum absolute atomic E-state index is 13.5. The number of anilines is 1. The molecule has 170 valence electrons. The topological polar surface area (TPSA) is 76.9 Å². The smallest absolute Gasteiger partial charge is 0.242 e. The van der Waals surface area contributed by atoms with Gasteiger partial charge in [0.05, 0.1) is 0 Å². The van der Waals surface area contributed by atoms with Crippen molar-refractivity contribution < 1.29 is 9.59 Å². The fourth-order valence-corrected chi connectivity index (χ4v) is 4.88. The Morgan fingerprint density at radius 1 is 0.941 bits per heavy atom. The maximum atomic E-state index is 13.5. The van der Waals surface area contributed by atoms with Gasteiger partial charge in [-0.25, -0.2) is 0 Å². The molecule has 5 rings (SSSR count). The molecular weight excluding hydrogens is 444 g/mol. The lowest BCUT2D eigenvalue weighted by Crippen LogP contribution is -2.19. The van der Waals surface area contributed by atoms with Crippen LogP contribution in [-0.4, -0.2) is 26.5 Å². The molecule has 6 nitrogen and oxygen atoms in total. The molecule has 0 unspecified atom stereocenters. The number of carbonyl (C=O) groups excluding carboxylic acids is 2. The highest BCUT2D eigenvalue weighted by Crippen LogP contribution is 2.43. The molecule has 1 saturated carbocycles. The third kappa shape index (κ3) is 4.79. The molecule has 0 bridgehead atoms. The van der Waals surface area contributed by atoms with Crippen LogP contribution in [0.3, 0.4) is 0 Å². The quantitative estimate of drug-likeness (QED) is 0.260. The van der Waals surface area contributed by atoms with Crippen LogP contribution in [0.25, 0.3) is 5.69 Å². The van der Waals surface area contributed by atoms with Crippen molar-refractivity contribution in [3.8, 4) is 5.69 Å². The molecule has 0 aliphatic heterocycles. The first kappa shape index (κ1) is 22.1. The summed E-state index contributed by atoms with van der Waals surface area (Å²) < 4.78 is 2.07. The number of Topliss-reactive ketones (excluding diaryl/α,β-unsaturated/α-hetero) is 1. The van der Waals surface area contributed by atoms with Crippen LogP contribution in [0.5, 0.6) is 0 Å². The summed E-state index contributed by atoms with van der Waals surface area (Å²) in [5.41, 5.74) is 2.99. The van der Waals surface area contributed by atoms with E-state index in [9.17, 15) is 9.59 Å². The highest BCUT2D eigenvalue weighted by molar-refractivity contribution is 8.00. The molecule has 7 heteroatoms. The summed E-state index contributed by atoms with van der Waals surface area (Å²) in [7, 11) is 0. The molecule has 1 fully saturated rings. The van der Waals surface area contributed by atoms with Crippen LogP contribution in [0.1, 0.15) is 52.7 Å².